The smallest absolute Gasteiger partial charge is 0.269 e. The van der Waals surface area contributed by atoms with E-state index < -0.39 is 5.91 Å². The van der Waals surface area contributed by atoms with Crippen LogP contribution < -0.4 is 32.0 Å². The van der Waals surface area contributed by atoms with Crippen molar-refractivity contribution in [2.75, 3.05) is 33.1 Å². The van der Waals surface area contributed by atoms with Gasteiger partial charge >= 0.3 is 0 Å². The van der Waals surface area contributed by atoms with E-state index in [1.54, 1.807) is 38.5 Å². The highest BCUT2D eigenvalue weighted by Gasteiger charge is 2.20. The molecular formula is C22H28N4O4. The number of hydrogen-bond donors (Lipinski definition) is 4. The van der Waals surface area contributed by atoms with Gasteiger partial charge in [-0.2, -0.15) is 0 Å². The fraction of sp³-hybridized carbons (Fsp3) is 0.318. The molecule has 30 heavy (non-hydrogen) atoms. The van der Waals surface area contributed by atoms with E-state index in [1.807, 2.05) is 12.1 Å². The van der Waals surface area contributed by atoms with Crippen molar-refractivity contribution in [1.82, 2.24) is 5.32 Å². The van der Waals surface area contributed by atoms with Gasteiger partial charge in [0.1, 0.15) is 17.2 Å². The third kappa shape index (κ3) is 4.44. The zero-order chi connectivity index (χ0) is 21.7. The fourth-order valence-electron chi connectivity index (χ4n) is 3.43. The van der Waals surface area contributed by atoms with Crippen LogP contribution >= 0.6 is 0 Å². The number of amides is 1. The molecule has 0 aliphatic carbocycles. The summed E-state index contributed by atoms with van der Waals surface area (Å²) < 4.78 is 16.3. The number of rotatable bonds is 7. The van der Waals surface area contributed by atoms with Crippen molar-refractivity contribution in [3.63, 3.8) is 0 Å². The van der Waals surface area contributed by atoms with E-state index in [1.165, 1.54) is 0 Å². The van der Waals surface area contributed by atoms with Gasteiger partial charge in [-0.3, -0.25) is 4.79 Å². The molecule has 160 valence electrons. The first-order valence-corrected chi connectivity index (χ1v) is 9.72. The number of carbonyl (C=O) groups is 1. The normalized spacial score (nSPS) is 16.7. The van der Waals surface area contributed by atoms with Crippen LogP contribution in [0.2, 0.25) is 0 Å². The lowest BCUT2D eigenvalue weighted by Crippen LogP contribution is -2.36. The molecule has 8 heteroatoms. The molecule has 0 saturated carbocycles. The van der Waals surface area contributed by atoms with Crippen LogP contribution in [0.3, 0.4) is 0 Å². The Morgan fingerprint density at radius 3 is 2.63 bits per heavy atom. The molecule has 1 aliphatic heterocycles. The van der Waals surface area contributed by atoms with Crippen LogP contribution in [0.25, 0.3) is 16.8 Å². The number of hydrogen-bond acceptors (Lipinski definition) is 7. The summed E-state index contributed by atoms with van der Waals surface area (Å²) in [5.74, 6) is 0.836. The van der Waals surface area contributed by atoms with Gasteiger partial charge < -0.3 is 36.7 Å². The number of carbonyl (C=O) groups excluding carboxylic acids is 1. The number of nitrogens with two attached hydrogens (primary N) is 3. The van der Waals surface area contributed by atoms with Crippen molar-refractivity contribution in [2.45, 2.75) is 18.9 Å². The Bertz CT molecular complexity index is 952. The van der Waals surface area contributed by atoms with E-state index in [2.05, 4.69) is 5.32 Å². The van der Waals surface area contributed by atoms with E-state index in [0.717, 1.165) is 18.4 Å². The molecule has 1 amide bonds. The van der Waals surface area contributed by atoms with Gasteiger partial charge in [-0.05, 0) is 31.0 Å². The van der Waals surface area contributed by atoms with Crippen LogP contribution in [-0.2, 0) is 9.53 Å². The summed E-state index contributed by atoms with van der Waals surface area (Å²) in [4.78, 5) is 12.5. The summed E-state index contributed by atoms with van der Waals surface area (Å²) in [6, 6.07) is 10.8. The second-order valence-corrected chi connectivity index (χ2v) is 7.01. The van der Waals surface area contributed by atoms with Gasteiger partial charge in [0.05, 0.1) is 26.0 Å². The molecule has 2 aromatic carbocycles. The SMILES string of the molecule is COc1ccc(OC)c(-c2cccc(/C(N)=C(\N)C(=O)NCC3CCCO3)c2N)c1. The topological polar surface area (TPSA) is 135 Å². The van der Waals surface area contributed by atoms with Crippen LogP contribution in [0.4, 0.5) is 5.69 Å². The highest BCUT2D eigenvalue weighted by atomic mass is 16.5. The maximum atomic E-state index is 12.5. The van der Waals surface area contributed by atoms with E-state index in [4.69, 9.17) is 31.4 Å². The molecule has 8 nitrogen and oxygen atoms in total. The predicted molar refractivity (Wildman–Crippen MR) is 117 cm³/mol. The molecular weight excluding hydrogens is 384 g/mol. The quantitative estimate of drug-likeness (QED) is 0.402. The van der Waals surface area contributed by atoms with Gasteiger partial charge in [0.25, 0.3) is 5.91 Å². The molecule has 1 aliphatic rings. The monoisotopic (exact) mass is 412 g/mol. The molecule has 1 heterocycles. The molecule has 2 aromatic rings. The third-order valence-electron chi connectivity index (χ3n) is 5.14. The number of nitrogen functional groups attached to an aromatic ring is 1. The average molecular weight is 412 g/mol. The molecule has 0 bridgehead atoms. The lowest BCUT2D eigenvalue weighted by atomic mass is 9.97. The Balaban J connectivity index is 1.92. The standard InChI is InChI=1S/C22H28N4O4/c1-28-13-8-9-18(29-2)17(11-13)15-6-3-7-16(19(15)23)20(24)21(25)22(27)26-12-14-5-4-10-30-14/h3,6-9,11,14H,4-5,10,12,23-25H2,1-2H3,(H,26,27)/b21-20+. The van der Waals surface area contributed by atoms with Crippen LogP contribution in [0.1, 0.15) is 18.4 Å². The van der Waals surface area contributed by atoms with E-state index in [-0.39, 0.29) is 17.5 Å². The lowest BCUT2D eigenvalue weighted by molar-refractivity contribution is -0.118. The van der Waals surface area contributed by atoms with Gasteiger partial charge in [-0.25, -0.2) is 0 Å². The van der Waals surface area contributed by atoms with Gasteiger partial charge in [-0.1, -0.05) is 18.2 Å². The van der Waals surface area contributed by atoms with Gasteiger partial charge in [0, 0.05) is 35.5 Å². The maximum absolute atomic E-state index is 12.5. The average Bonchev–Trinajstić information content (AvgIpc) is 3.30. The Morgan fingerprint density at radius 2 is 1.97 bits per heavy atom. The summed E-state index contributed by atoms with van der Waals surface area (Å²) in [7, 11) is 3.16. The summed E-state index contributed by atoms with van der Waals surface area (Å²) in [6.07, 6.45) is 1.92. The summed E-state index contributed by atoms with van der Waals surface area (Å²) >= 11 is 0. The molecule has 0 radical (unpaired) electrons. The van der Waals surface area contributed by atoms with Gasteiger partial charge in [0.2, 0.25) is 0 Å². The molecule has 1 atom stereocenters. The minimum absolute atomic E-state index is 0.0110. The molecule has 1 unspecified atom stereocenters. The minimum atomic E-state index is -0.452. The highest BCUT2D eigenvalue weighted by Crippen LogP contribution is 2.38. The molecule has 1 fully saturated rings. The second-order valence-electron chi connectivity index (χ2n) is 7.01. The molecule has 1 saturated heterocycles. The van der Waals surface area contributed by atoms with Crippen molar-refractivity contribution in [1.29, 1.82) is 0 Å². The zero-order valence-electron chi connectivity index (χ0n) is 17.2. The van der Waals surface area contributed by atoms with Gasteiger partial charge in [-0.15, -0.1) is 0 Å². The van der Waals surface area contributed by atoms with Crippen molar-refractivity contribution in [2.24, 2.45) is 11.5 Å². The summed E-state index contributed by atoms with van der Waals surface area (Å²) in [5, 5.41) is 2.77. The highest BCUT2D eigenvalue weighted by molar-refractivity contribution is 6.01. The molecule has 7 N–H and O–H groups in total. The number of methoxy groups -OCH3 is 2. The second kappa shape index (κ2) is 9.41. The number of para-hydroxylation sites is 1. The van der Waals surface area contributed by atoms with Crippen LogP contribution in [0, 0.1) is 0 Å². The van der Waals surface area contributed by atoms with E-state index >= 15 is 0 Å². The van der Waals surface area contributed by atoms with Crippen LogP contribution in [0.5, 0.6) is 11.5 Å². The minimum Gasteiger partial charge on any atom is -0.497 e. The molecule has 0 aromatic heterocycles. The van der Waals surface area contributed by atoms with Gasteiger partial charge in [0.15, 0.2) is 0 Å². The maximum Gasteiger partial charge on any atom is 0.269 e. The Morgan fingerprint density at radius 1 is 1.17 bits per heavy atom. The Labute approximate surface area is 176 Å². The Hall–Kier alpha value is -3.39. The van der Waals surface area contributed by atoms with E-state index in [9.17, 15) is 4.79 Å². The first-order chi connectivity index (χ1) is 14.5. The molecule has 3 rings (SSSR count). The third-order valence-corrected chi connectivity index (χ3v) is 5.14. The van der Waals surface area contributed by atoms with Crippen molar-refractivity contribution < 1.29 is 19.0 Å². The van der Waals surface area contributed by atoms with Crippen molar-refractivity contribution in [3.05, 3.63) is 47.7 Å². The summed E-state index contributed by atoms with van der Waals surface area (Å²) in [5.41, 5.74) is 21.0. The van der Waals surface area contributed by atoms with Crippen LogP contribution in [-0.4, -0.2) is 39.4 Å². The van der Waals surface area contributed by atoms with Crippen molar-refractivity contribution >= 4 is 17.3 Å². The predicted octanol–water partition coefficient (Wildman–Crippen LogP) is 1.83. The number of benzene rings is 2. The summed E-state index contributed by atoms with van der Waals surface area (Å²) in [6.45, 7) is 1.11. The number of anilines is 1. The van der Waals surface area contributed by atoms with Crippen LogP contribution in [0.15, 0.2) is 42.1 Å². The lowest BCUT2D eigenvalue weighted by Gasteiger charge is -2.16. The molecule has 0 spiro atoms. The van der Waals surface area contributed by atoms with Crippen molar-refractivity contribution in [3.8, 4) is 22.6 Å². The Kier molecular flexibility index (Phi) is 6.68. The van der Waals surface area contributed by atoms with E-state index in [0.29, 0.717) is 41.5 Å². The zero-order valence-corrected chi connectivity index (χ0v) is 17.2. The first kappa shape index (κ1) is 21.3. The fourth-order valence-corrected chi connectivity index (χ4v) is 3.43. The first-order valence-electron chi connectivity index (χ1n) is 9.72. The largest absolute Gasteiger partial charge is 0.497 e. The number of nitrogens with one attached hydrogen (secondary N) is 1. The number of ether oxygens (including phenoxy) is 3.